The Morgan fingerprint density at radius 1 is 1.35 bits per heavy atom. The maximum Gasteiger partial charge on any atom is 0.351 e. The van der Waals surface area contributed by atoms with Crippen LogP contribution in [0.25, 0.3) is 0 Å². The summed E-state index contributed by atoms with van der Waals surface area (Å²) in [7, 11) is 0. The first-order valence-corrected chi connectivity index (χ1v) is 9.42. The molecule has 2 rings (SSSR count). The van der Waals surface area contributed by atoms with Gasteiger partial charge in [0.05, 0.1) is 6.42 Å². The van der Waals surface area contributed by atoms with Crippen molar-refractivity contribution in [2.24, 2.45) is 0 Å². The van der Waals surface area contributed by atoms with Gasteiger partial charge in [0.2, 0.25) is 5.91 Å². The molecule has 1 fully saturated rings. The molecule has 0 aliphatic carbocycles. The van der Waals surface area contributed by atoms with Crippen molar-refractivity contribution in [1.82, 2.24) is 10.2 Å². The quantitative estimate of drug-likeness (QED) is 0.189. The molecule has 0 aromatic heterocycles. The number of likely N-dealkylation sites (tertiary alicyclic amines) is 1. The lowest BCUT2D eigenvalue weighted by molar-refractivity contribution is -0.303. The van der Waals surface area contributed by atoms with Crippen molar-refractivity contribution >= 4 is 51.1 Å². The van der Waals surface area contributed by atoms with Crippen LogP contribution >= 0.6 is 27.7 Å². The predicted molar refractivity (Wildman–Crippen MR) is 95.5 cm³/mol. The van der Waals surface area contributed by atoms with Gasteiger partial charge in [-0.25, -0.2) is 4.79 Å². The van der Waals surface area contributed by atoms with Crippen LogP contribution in [-0.2, 0) is 25.6 Å². The Balaban J connectivity index is 2.15. The van der Waals surface area contributed by atoms with Gasteiger partial charge in [-0.3, -0.25) is 19.3 Å². The highest BCUT2D eigenvalue weighted by Crippen LogP contribution is 2.33. The van der Waals surface area contributed by atoms with E-state index in [4.69, 9.17) is 0 Å². The first kappa shape index (κ1) is 20.0. The lowest BCUT2D eigenvalue weighted by Gasteiger charge is -2.46. The van der Waals surface area contributed by atoms with E-state index in [-0.39, 0.29) is 11.8 Å². The van der Waals surface area contributed by atoms with E-state index >= 15 is 0 Å². The number of hydrogen-bond acceptors (Lipinski definition) is 6. The molecule has 1 saturated heterocycles. The molecule has 8 nitrogen and oxygen atoms in total. The number of halogens is 1. The monoisotopic (exact) mass is 441 g/mol. The Kier molecular flexibility index (Phi) is 6.81. The smallest absolute Gasteiger partial charge is 0.351 e. The number of carbonyl (C=O) groups excluding carboxylic acids is 3. The highest BCUT2D eigenvalue weighted by atomic mass is 79.9. The molecule has 2 unspecified atom stereocenters. The van der Waals surface area contributed by atoms with Gasteiger partial charge in [0.25, 0.3) is 5.91 Å². The highest BCUT2D eigenvalue weighted by molar-refractivity contribution is 9.09. The van der Waals surface area contributed by atoms with E-state index in [0.717, 1.165) is 10.5 Å². The average molecular weight is 442 g/mol. The van der Waals surface area contributed by atoms with Crippen molar-refractivity contribution in [2.75, 3.05) is 5.33 Å². The number of carboxylic acids is 1. The van der Waals surface area contributed by atoms with Crippen LogP contribution in [0.15, 0.2) is 41.8 Å². The lowest BCUT2D eigenvalue weighted by Crippen LogP contribution is -2.69. The summed E-state index contributed by atoms with van der Waals surface area (Å²) in [6.07, 6.45) is 0.0267. The van der Waals surface area contributed by atoms with Crippen molar-refractivity contribution in [3.05, 3.63) is 47.4 Å². The minimum absolute atomic E-state index is 0.0267. The lowest BCUT2D eigenvalue weighted by atomic mass is 10.0. The number of nitrogens with one attached hydrogen (secondary N) is 1. The van der Waals surface area contributed by atoms with Crippen LogP contribution in [0, 0.1) is 0 Å². The van der Waals surface area contributed by atoms with Gasteiger partial charge in [-0.15, -0.1) is 0 Å². The fourth-order valence-corrected chi connectivity index (χ4v) is 3.51. The van der Waals surface area contributed by atoms with E-state index in [2.05, 4.69) is 21.2 Å². The maximum atomic E-state index is 12.3. The number of hydrogen-bond donors (Lipinski definition) is 2. The molecule has 1 heterocycles. The van der Waals surface area contributed by atoms with Crippen LogP contribution in [0.5, 0.6) is 0 Å². The van der Waals surface area contributed by atoms with Crippen LogP contribution in [0.4, 0.5) is 0 Å². The summed E-state index contributed by atoms with van der Waals surface area (Å²) < 4.78 is 0. The summed E-state index contributed by atoms with van der Waals surface area (Å²) >= 11 is 3.48. The van der Waals surface area contributed by atoms with Gasteiger partial charge in [0.15, 0.2) is 5.62 Å². The van der Waals surface area contributed by atoms with E-state index in [0.29, 0.717) is 17.4 Å². The topological polar surface area (TPSA) is 127 Å². The van der Waals surface area contributed by atoms with Crippen molar-refractivity contribution in [1.29, 1.82) is 0 Å². The Hall–Kier alpha value is -2.33. The molecule has 1 aromatic carbocycles. The second-order valence-corrected chi connectivity index (χ2v) is 6.76. The number of nitrogens with zero attached hydrogens (tertiary/aromatic N) is 1. The molecule has 2 atom stereocenters. The second kappa shape index (κ2) is 8.86. The summed E-state index contributed by atoms with van der Waals surface area (Å²) in [4.78, 5) is 47.4. The molecule has 2 N–H and O–H groups in total. The second-order valence-electron chi connectivity index (χ2n) is 5.25. The summed E-state index contributed by atoms with van der Waals surface area (Å²) in [5, 5.41) is 22.2. The number of benzene rings is 1. The third-order valence-electron chi connectivity index (χ3n) is 3.59. The van der Waals surface area contributed by atoms with Gasteiger partial charge >= 0.3 is 5.97 Å². The van der Waals surface area contributed by atoms with Gasteiger partial charge < -0.3 is 15.5 Å². The molecule has 10 heteroatoms. The van der Waals surface area contributed by atoms with Crippen molar-refractivity contribution < 1.29 is 29.4 Å². The molecule has 0 bridgehead atoms. The summed E-state index contributed by atoms with van der Waals surface area (Å²) in [5.41, 5.74) is 0.429. The van der Waals surface area contributed by atoms with Crippen LogP contribution in [0.2, 0.25) is 0 Å². The molecule has 26 heavy (non-hydrogen) atoms. The van der Waals surface area contributed by atoms with E-state index in [1.165, 1.54) is 0 Å². The third kappa shape index (κ3) is 4.25. The first-order valence-electron chi connectivity index (χ1n) is 7.35. The number of aliphatic carboxylic acids is 1. The van der Waals surface area contributed by atoms with E-state index in [1.807, 2.05) is 0 Å². The van der Waals surface area contributed by atoms with Gasteiger partial charge in [-0.2, -0.15) is 0 Å². The molecule has 138 valence electrons. The fourth-order valence-electron chi connectivity index (χ4n) is 2.46. The van der Waals surface area contributed by atoms with E-state index in [9.17, 15) is 29.4 Å². The number of alkyl halides is 1. The van der Waals surface area contributed by atoms with Crippen molar-refractivity contribution in [3.63, 3.8) is 0 Å². The Morgan fingerprint density at radius 2 is 2.00 bits per heavy atom. The first-order chi connectivity index (χ1) is 12.4. The normalized spacial score (nSPS) is 20.0. The number of allylic oxidation sites excluding steroid dienone is 1. The zero-order chi connectivity index (χ0) is 19.3. The standard InChI is InChI=1S/C16H15BrN2O6S/c17-7-10(21)13(16(24)25)19-14(23)12(15(19)26-8-20)18-11(22)6-9-4-2-1-3-5-9/h1-5,8,12,15,21H,6-7H2,(H,18,22)(H,24,25)/p-1. The van der Waals surface area contributed by atoms with Crippen LogP contribution in [-0.4, -0.2) is 50.2 Å². The molecule has 1 aliphatic rings. The molecule has 1 aromatic rings. The molecule has 0 radical (unpaired) electrons. The van der Waals surface area contributed by atoms with Crippen molar-refractivity contribution in [3.8, 4) is 0 Å². The number of carbonyl (C=O) groups is 4. The highest BCUT2D eigenvalue weighted by Gasteiger charge is 2.51. The van der Waals surface area contributed by atoms with Crippen molar-refractivity contribution in [2.45, 2.75) is 17.8 Å². The van der Waals surface area contributed by atoms with Crippen LogP contribution in [0.3, 0.4) is 0 Å². The maximum absolute atomic E-state index is 12.3. The molecule has 0 spiro atoms. The Labute approximate surface area is 161 Å². The van der Waals surface area contributed by atoms with Gasteiger partial charge in [-0.05, 0) is 5.56 Å². The van der Waals surface area contributed by atoms with Crippen LogP contribution in [0.1, 0.15) is 5.56 Å². The molecular formula is C16H14BrN2O6S-. The third-order valence-corrected chi connectivity index (χ3v) is 4.97. The van der Waals surface area contributed by atoms with Gasteiger partial charge in [0.1, 0.15) is 17.1 Å². The Bertz CT molecular complexity index is 754. The SMILES string of the molecule is O=CSC1C(NC(=O)Cc2ccccc2)C(=O)N1C(C(=O)O)=C([O-])CBr. The summed E-state index contributed by atoms with van der Waals surface area (Å²) in [6.45, 7) is 0. The van der Waals surface area contributed by atoms with E-state index < -0.39 is 40.7 Å². The minimum Gasteiger partial charge on any atom is -0.873 e. The molecular weight excluding hydrogens is 428 g/mol. The van der Waals surface area contributed by atoms with E-state index in [1.54, 1.807) is 30.3 Å². The summed E-state index contributed by atoms with van der Waals surface area (Å²) in [6, 6.07) is 7.75. The molecule has 2 amide bonds. The number of amides is 2. The minimum atomic E-state index is -1.58. The number of carboxylic acid groups (broad SMARTS) is 1. The average Bonchev–Trinajstić information content (AvgIpc) is 2.63. The van der Waals surface area contributed by atoms with Gasteiger partial charge in [0, 0.05) is 5.33 Å². The predicted octanol–water partition coefficient (Wildman–Crippen LogP) is -0.143. The molecule has 1 aliphatic heterocycles. The zero-order valence-electron chi connectivity index (χ0n) is 13.3. The number of β-lactam (4-membered cyclic amide) rings is 1. The largest absolute Gasteiger partial charge is 0.873 e. The fraction of sp³-hybridized carbons (Fsp3) is 0.250. The van der Waals surface area contributed by atoms with Gasteiger partial charge in [-0.1, -0.05) is 63.8 Å². The number of thioether (sulfide) groups is 1. The number of rotatable bonds is 8. The Morgan fingerprint density at radius 3 is 2.54 bits per heavy atom. The summed E-state index contributed by atoms with van der Waals surface area (Å²) in [5.74, 6) is -3.59. The van der Waals surface area contributed by atoms with Crippen LogP contribution < -0.4 is 10.4 Å². The zero-order valence-corrected chi connectivity index (χ0v) is 15.7. The molecule has 0 saturated carbocycles.